The first-order valence-electron chi connectivity index (χ1n) is 7.80. The van der Waals surface area contributed by atoms with E-state index in [0.29, 0.717) is 12.6 Å². The van der Waals surface area contributed by atoms with Gasteiger partial charge in [0, 0.05) is 38.2 Å². The second-order valence-electron chi connectivity index (χ2n) is 5.83. The highest BCUT2D eigenvalue weighted by atomic mass is 79.9. The molecule has 1 amide bonds. The molecular weight excluding hydrogens is 356 g/mol. The molecule has 0 bridgehead atoms. The quantitative estimate of drug-likeness (QED) is 0.607. The average Bonchev–Trinajstić information content (AvgIpc) is 2.52. The van der Waals surface area contributed by atoms with Gasteiger partial charge in [-0.25, -0.2) is 4.99 Å². The summed E-state index contributed by atoms with van der Waals surface area (Å²) in [5.74, 6) is 0.730. The lowest BCUT2D eigenvalue weighted by Crippen LogP contribution is -2.43. The number of benzene rings is 1. The van der Waals surface area contributed by atoms with Crippen LogP contribution in [0.3, 0.4) is 0 Å². The molecule has 1 unspecified atom stereocenters. The van der Waals surface area contributed by atoms with Crippen molar-refractivity contribution in [1.29, 1.82) is 0 Å². The number of carbonyl (C=O) groups is 1. The SMILES string of the molecule is CCC(C)NC(=NCC(=O)N(C)C)N(C)Cc1ccccc1Br. The fourth-order valence-electron chi connectivity index (χ4n) is 1.84. The van der Waals surface area contributed by atoms with Gasteiger partial charge in [-0.2, -0.15) is 0 Å². The van der Waals surface area contributed by atoms with Gasteiger partial charge in [-0.15, -0.1) is 0 Å². The first kappa shape index (κ1) is 19.5. The summed E-state index contributed by atoms with van der Waals surface area (Å²) in [4.78, 5) is 19.9. The van der Waals surface area contributed by atoms with Crippen LogP contribution >= 0.6 is 15.9 Å². The molecule has 0 aliphatic carbocycles. The zero-order valence-corrected chi connectivity index (χ0v) is 16.2. The van der Waals surface area contributed by atoms with Crippen molar-refractivity contribution in [3.63, 3.8) is 0 Å². The van der Waals surface area contributed by atoms with Gasteiger partial charge in [0.15, 0.2) is 5.96 Å². The fraction of sp³-hybridized carbons (Fsp3) is 0.529. The molecule has 0 aromatic heterocycles. The fourth-order valence-corrected chi connectivity index (χ4v) is 2.25. The van der Waals surface area contributed by atoms with Crippen LogP contribution in [0.25, 0.3) is 0 Å². The number of halogens is 1. The van der Waals surface area contributed by atoms with Crippen molar-refractivity contribution in [2.24, 2.45) is 4.99 Å². The predicted molar refractivity (Wildman–Crippen MR) is 99.5 cm³/mol. The summed E-state index contributed by atoms with van der Waals surface area (Å²) in [5, 5.41) is 3.39. The maximum absolute atomic E-state index is 11.8. The first-order valence-corrected chi connectivity index (χ1v) is 8.60. The Morgan fingerprint density at radius 1 is 1.30 bits per heavy atom. The molecule has 1 atom stereocenters. The molecule has 6 heteroatoms. The monoisotopic (exact) mass is 382 g/mol. The second-order valence-corrected chi connectivity index (χ2v) is 6.68. The summed E-state index contributed by atoms with van der Waals surface area (Å²) in [7, 11) is 5.46. The summed E-state index contributed by atoms with van der Waals surface area (Å²) in [5.41, 5.74) is 1.17. The number of hydrogen-bond acceptors (Lipinski definition) is 2. The molecule has 23 heavy (non-hydrogen) atoms. The number of likely N-dealkylation sites (N-methyl/N-ethyl adjacent to an activating group) is 1. The highest BCUT2D eigenvalue weighted by molar-refractivity contribution is 9.10. The summed E-state index contributed by atoms with van der Waals surface area (Å²) in [6.07, 6.45) is 0.990. The molecule has 0 spiro atoms. The standard InChI is InChI=1S/C17H27BrN4O/c1-6-13(2)20-17(19-11-16(23)21(3)4)22(5)12-14-9-7-8-10-15(14)18/h7-10,13H,6,11-12H2,1-5H3,(H,19,20). The zero-order valence-electron chi connectivity index (χ0n) is 14.6. The smallest absolute Gasteiger partial charge is 0.243 e. The van der Waals surface area contributed by atoms with Crippen molar-refractivity contribution < 1.29 is 4.79 Å². The Morgan fingerprint density at radius 2 is 1.96 bits per heavy atom. The number of guanidine groups is 1. The molecule has 0 aliphatic rings. The zero-order chi connectivity index (χ0) is 17.4. The van der Waals surface area contributed by atoms with E-state index in [0.717, 1.165) is 16.9 Å². The molecule has 128 valence electrons. The second kappa shape index (κ2) is 9.55. The lowest BCUT2D eigenvalue weighted by molar-refractivity contribution is -0.127. The van der Waals surface area contributed by atoms with Crippen LogP contribution in [0.15, 0.2) is 33.7 Å². The van der Waals surface area contributed by atoms with Gasteiger partial charge in [0.05, 0.1) is 0 Å². The molecule has 0 saturated heterocycles. The highest BCUT2D eigenvalue weighted by Crippen LogP contribution is 2.17. The third-order valence-electron chi connectivity index (χ3n) is 3.58. The third-order valence-corrected chi connectivity index (χ3v) is 4.35. The normalized spacial score (nSPS) is 12.7. The van der Waals surface area contributed by atoms with Gasteiger partial charge < -0.3 is 15.1 Å². The van der Waals surface area contributed by atoms with Crippen molar-refractivity contribution in [2.45, 2.75) is 32.9 Å². The van der Waals surface area contributed by atoms with E-state index in [1.807, 2.05) is 30.1 Å². The Labute approximate surface area is 147 Å². The Kier molecular flexibility index (Phi) is 8.09. The maximum Gasteiger partial charge on any atom is 0.243 e. The minimum Gasteiger partial charge on any atom is -0.354 e. The van der Waals surface area contributed by atoms with Crippen LogP contribution in [0, 0.1) is 0 Å². The Morgan fingerprint density at radius 3 is 2.52 bits per heavy atom. The van der Waals surface area contributed by atoms with E-state index < -0.39 is 0 Å². The van der Waals surface area contributed by atoms with E-state index in [9.17, 15) is 4.79 Å². The van der Waals surface area contributed by atoms with Crippen molar-refractivity contribution >= 4 is 27.8 Å². The number of rotatable bonds is 6. The van der Waals surface area contributed by atoms with E-state index in [2.05, 4.69) is 46.2 Å². The van der Waals surface area contributed by atoms with Crippen LogP contribution in [-0.2, 0) is 11.3 Å². The molecule has 0 radical (unpaired) electrons. The van der Waals surface area contributed by atoms with Gasteiger partial charge in [0.25, 0.3) is 0 Å². The lowest BCUT2D eigenvalue weighted by Gasteiger charge is -2.25. The minimum absolute atomic E-state index is 0.0113. The van der Waals surface area contributed by atoms with E-state index >= 15 is 0 Å². The van der Waals surface area contributed by atoms with Crippen molar-refractivity contribution in [1.82, 2.24) is 15.1 Å². The number of nitrogens with one attached hydrogen (secondary N) is 1. The molecule has 0 saturated carbocycles. The molecule has 0 fully saturated rings. The number of hydrogen-bond donors (Lipinski definition) is 1. The Bertz CT molecular complexity index is 545. The third kappa shape index (κ3) is 6.60. The topological polar surface area (TPSA) is 47.9 Å². The maximum atomic E-state index is 11.8. The Hall–Kier alpha value is -1.56. The van der Waals surface area contributed by atoms with Gasteiger partial charge in [-0.1, -0.05) is 41.1 Å². The average molecular weight is 383 g/mol. The molecule has 0 aliphatic heterocycles. The van der Waals surface area contributed by atoms with Crippen LogP contribution in [-0.4, -0.2) is 55.4 Å². The molecule has 1 aromatic rings. The number of aliphatic imine (C=N–C) groups is 1. The van der Waals surface area contributed by atoms with Crippen molar-refractivity contribution in [2.75, 3.05) is 27.7 Å². The number of carbonyl (C=O) groups excluding carboxylic acids is 1. The van der Waals surface area contributed by atoms with E-state index in [4.69, 9.17) is 0 Å². The van der Waals surface area contributed by atoms with E-state index in [1.165, 1.54) is 5.56 Å². The van der Waals surface area contributed by atoms with Crippen LogP contribution in [0.2, 0.25) is 0 Å². The van der Waals surface area contributed by atoms with Crippen LogP contribution < -0.4 is 5.32 Å². The van der Waals surface area contributed by atoms with Gasteiger partial charge in [-0.05, 0) is 25.0 Å². The Balaban J connectivity index is 2.87. The highest BCUT2D eigenvalue weighted by Gasteiger charge is 2.12. The lowest BCUT2D eigenvalue weighted by atomic mass is 10.2. The largest absolute Gasteiger partial charge is 0.354 e. The first-order chi connectivity index (χ1) is 10.8. The van der Waals surface area contributed by atoms with Crippen molar-refractivity contribution in [3.8, 4) is 0 Å². The van der Waals surface area contributed by atoms with E-state index in [-0.39, 0.29) is 12.5 Å². The van der Waals surface area contributed by atoms with Gasteiger partial charge >= 0.3 is 0 Å². The summed E-state index contributed by atoms with van der Waals surface area (Å²) < 4.78 is 1.07. The number of nitrogens with zero attached hydrogens (tertiary/aromatic N) is 3. The molecule has 1 aromatic carbocycles. The van der Waals surface area contributed by atoms with Crippen molar-refractivity contribution in [3.05, 3.63) is 34.3 Å². The number of amides is 1. The summed E-state index contributed by atoms with van der Waals surface area (Å²) >= 11 is 3.57. The van der Waals surface area contributed by atoms with E-state index in [1.54, 1.807) is 19.0 Å². The summed E-state index contributed by atoms with van der Waals surface area (Å²) in [6, 6.07) is 8.41. The van der Waals surface area contributed by atoms with Gasteiger partial charge in [-0.3, -0.25) is 4.79 Å². The van der Waals surface area contributed by atoms with Crippen LogP contribution in [0.5, 0.6) is 0 Å². The molecule has 5 nitrogen and oxygen atoms in total. The molecule has 1 N–H and O–H groups in total. The predicted octanol–water partition coefficient (Wildman–Crippen LogP) is 2.71. The molecule has 0 heterocycles. The van der Waals surface area contributed by atoms with Crippen LogP contribution in [0.1, 0.15) is 25.8 Å². The van der Waals surface area contributed by atoms with Gasteiger partial charge in [0.2, 0.25) is 5.91 Å². The van der Waals surface area contributed by atoms with Crippen LogP contribution in [0.4, 0.5) is 0 Å². The minimum atomic E-state index is -0.0113. The molecular formula is C17H27BrN4O. The van der Waals surface area contributed by atoms with Gasteiger partial charge in [0.1, 0.15) is 6.54 Å². The molecule has 1 rings (SSSR count). The summed E-state index contributed by atoms with van der Waals surface area (Å²) in [6.45, 7) is 5.08.